The molecule has 0 aromatic heterocycles. The van der Waals surface area contributed by atoms with Crippen LogP contribution in [0.2, 0.25) is 0 Å². The van der Waals surface area contributed by atoms with Crippen LogP contribution in [0.25, 0.3) is 0 Å². The number of nitriles is 1. The topological polar surface area (TPSA) is 33.0 Å². The second-order valence-electron chi connectivity index (χ2n) is 0.282. The van der Waals surface area contributed by atoms with Gasteiger partial charge in [0.25, 0.3) is 0 Å². The lowest BCUT2D eigenvalue weighted by Crippen LogP contribution is -1.26. The molecule has 0 rings (SSSR count). The summed E-state index contributed by atoms with van der Waals surface area (Å²) in [6, 6.07) is 1.75. The third kappa shape index (κ3) is 37.1. The minimum atomic E-state index is 1.25. The molecule has 4 heteroatoms. The van der Waals surface area contributed by atoms with Gasteiger partial charge in [-0.05, 0) is 9.05 Å². The largest absolute Gasteiger partial charge is 0.199 e. The van der Waals surface area contributed by atoms with Gasteiger partial charge in [0.1, 0.15) is 0 Å². The predicted octanol–water partition coefficient (Wildman–Crippen LogP) is 1.30. The van der Waals surface area contributed by atoms with Crippen molar-refractivity contribution >= 4 is 0 Å². The van der Waals surface area contributed by atoms with Crippen LogP contribution in [0.3, 0.4) is 0 Å². The molecular formula is C2H3F2NO. The van der Waals surface area contributed by atoms with Crippen molar-refractivity contribution in [3.63, 3.8) is 0 Å². The molecule has 0 radical (unpaired) electrons. The molecule has 0 saturated heterocycles. The highest BCUT2D eigenvalue weighted by Gasteiger charge is 1.42. The van der Waals surface area contributed by atoms with E-state index in [0.29, 0.717) is 0 Å². The monoisotopic (exact) mass is 95.0 g/mol. The summed E-state index contributed by atoms with van der Waals surface area (Å²) in [4.78, 5) is 0. The normalized spacial score (nSPS) is 4.33. The molecule has 2 nitrogen and oxygen atoms in total. The molecular weight excluding hydrogens is 92.0 g/mol. The number of rotatable bonds is 0. The van der Waals surface area contributed by atoms with Crippen LogP contribution in [0.5, 0.6) is 0 Å². The first-order valence-corrected chi connectivity index (χ1v) is 1.03. The van der Waals surface area contributed by atoms with Crippen molar-refractivity contribution in [3.05, 3.63) is 0 Å². The average molecular weight is 95.0 g/mol. The quantitative estimate of drug-likeness (QED) is 0.454. The smallest absolute Gasteiger partial charge is 0.0587 e. The third-order valence-electron chi connectivity index (χ3n) is 0. The van der Waals surface area contributed by atoms with E-state index in [1.54, 1.807) is 6.07 Å². The first-order valence-electron chi connectivity index (χ1n) is 1.03. The number of halogens is 2. The van der Waals surface area contributed by atoms with E-state index >= 15 is 0 Å². The molecule has 0 aromatic carbocycles. The zero-order chi connectivity index (χ0) is 5.41. The molecule has 0 spiro atoms. The Labute approximate surface area is 33.7 Å². The maximum absolute atomic E-state index is 9.12. The van der Waals surface area contributed by atoms with Gasteiger partial charge in [0.05, 0.1) is 6.07 Å². The number of hydrogen-bond donors (Lipinski definition) is 0. The average Bonchev–Trinajstić information content (AvgIpc) is 1.39. The van der Waals surface area contributed by atoms with Crippen LogP contribution in [0.1, 0.15) is 6.92 Å². The van der Waals surface area contributed by atoms with Crippen LogP contribution in [0.15, 0.2) is 0 Å². The summed E-state index contributed by atoms with van der Waals surface area (Å²) in [5.74, 6) is 0. The molecule has 0 aromatic rings. The third-order valence-corrected chi connectivity index (χ3v) is 0. The molecule has 0 bridgehead atoms. The van der Waals surface area contributed by atoms with Gasteiger partial charge in [-0.15, -0.1) is 0 Å². The van der Waals surface area contributed by atoms with Gasteiger partial charge in [-0.3, -0.25) is 0 Å². The van der Waals surface area contributed by atoms with Crippen LogP contribution in [0.4, 0.5) is 9.05 Å². The van der Waals surface area contributed by atoms with E-state index in [1.165, 1.54) is 12.1 Å². The first kappa shape index (κ1) is 9.00. The van der Waals surface area contributed by atoms with Gasteiger partial charge in [-0.25, -0.2) is 0 Å². The van der Waals surface area contributed by atoms with Gasteiger partial charge < -0.3 is 0 Å². The first-order chi connectivity index (χ1) is 2.83. The van der Waals surface area contributed by atoms with Gasteiger partial charge in [0, 0.05) is 12.1 Å². The van der Waals surface area contributed by atoms with Crippen molar-refractivity contribution in [2.45, 2.75) is 6.92 Å². The molecule has 0 unspecified atom stereocenters. The molecule has 0 aliphatic rings. The van der Waals surface area contributed by atoms with Crippen molar-refractivity contribution in [1.82, 2.24) is 0 Å². The molecule has 6 heavy (non-hydrogen) atoms. The van der Waals surface area contributed by atoms with Crippen molar-refractivity contribution < 1.29 is 14.2 Å². The lowest BCUT2D eigenvalue weighted by Gasteiger charge is -1.41. The Bertz CT molecular complexity index is 41.3. The lowest BCUT2D eigenvalue weighted by atomic mass is 11.0. The summed E-state index contributed by atoms with van der Waals surface area (Å²) in [5.41, 5.74) is 0. The highest BCUT2D eigenvalue weighted by molar-refractivity contribution is 4.51. The van der Waals surface area contributed by atoms with Gasteiger partial charge >= 0.3 is 0 Å². The molecule has 0 aliphatic carbocycles. The van der Waals surface area contributed by atoms with Crippen LogP contribution in [0, 0.1) is 11.3 Å². The Balaban J connectivity index is 0. The fraction of sp³-hybridized carbons (Fsp3) is 0.500. The van der Waals surface area contributed by atoms with Crippen LogP contribution in [-0.2, 0) is 5.15 Å². The molecule has 0 heterocycles. The highest BCUT2D eigenvalue weighted by atomic mass is 19.6. The molecule has 0 N–H and O–H groups in total. The van der Waals surface area contributed by atoms with Crippen LogP contribution < -0.4 is 0 Å². The molecule has 0 atom stereocenters. The summed E-state index contributed by atoms with van der Waals surface area (Å²) < 4.78 is 18.2. The van der Waals surface area contributed by atoms with Gasteiger partial charge in [-0.2, -0.15) is 5.26 Å². The maximum Gasteiger partial charge on any atom is 0.0587 e. The Morgan fingerprint density at radius 3 is 1.67 bits per heavy atom. The van der Waals surface area contributed by atoms with E-state index in [9.17, 15) is 0 Å². The lowest BCUT2D eigenvalue weighted by molar-refractivity contribution is -0.317. The van der Waals surface area contributed by atoms with Crippen LogP contribution in [-0.4, -0.2) is 0 Å². The fourth-order valence-electron chi connectivity index (χ4n) is 0. The van der Waals surface area contributed by atoms with Crippen molar-refractivity contribution in [2.24, 2.45) is 0 Å². The van der Waals surface area contributed by atoms with E-state index in [1.807, 2.05) is 0 Å². The van der Waals surface area contributed by atoms with Crippen molar-refractivity contribution in [1.29, 1.82) is 5.26 Å². The summed E-state index contributed by atoms with van der Waals surface area (Å²) in [5, 5.41) is 8.57. The van der Waals surface area contributed by atoms with E-state index in [4.69, 9.17) is 14.3 Å². The minimum Gasteiger partial charge on any atom is -0.199 e. The van der Waals surface area contributed by atoms with Crippen molar-refractivity contribution in [3.8, 4) is 6.07 Å². The van der Waals surface area contributed by atoms with Gasteiger partial charge in [-0.1, -0.05) is 0 Å². The number of hydrogen-bond acceptors (Lipinski definition) is 2. The Morgan fingerprint density at radius 2 is 1.67 bits per heavy atom. The molecule has 0 saturated carbocycles. The second kappa shape index (κ2) is 27.5. The zero-order valence-corrected chi connectivity index (χ0v) is 3.11. The van der Waals surface area contributed by atoms with E-state index < -0.39 is 0 Å². The van der Waals surface area contributed by atoms with E-state index in [0.717, 1.165) is 0 Å². The Morgan fingerprint density at radius 1 is 1.67 bits per heavy atom. The maximum atomic E-state index is 9.12. The predicted molar refractivity (Wildman–Crippen MR) is 14.6 cm³/mol. The minimum absolute atomic E-state index is 1.25. The van der Waals surface area contributed by atoms with E-state index in [-0.39, 0.29) is 0 Å². The number of nitrogens with zero attached hydrogens (tertiary/aromatic N) is 1. The fourth-order valence-corrected chi connectivity index (χ4v) is 0. The Kier molecular flexibility index (Phi) is 41.3. The Hall–Kier alpha value is -0.690. The molecule has 36 valence electrons. The standard InChI is InChI=1S/C2H3N.F2O/c1-2-3;1-3-2/h1H3;. The van der Waals surface area contributed by atoms with Crippen LogP contribution >= 0.6 is 0 Å². The summed E-state index contributed by atoms with van der Waals surface area (Å²) in [6.07, 6.45) is 0. The summed E-state index contributed by atoms with van der Waals surface area (Å²) in [7, 11) is 0. The van der Waals surface area contributed by atoms with Gasteiger partial charge in [0.15, 0.2) is 0 Å². The summed E-state index contributed by atoms with van der Waals surface area (Å²) >= 11 is 0. The SMILES string of the molecule is CC#N.FOF. The molecule has 0 amide bonds. The zero-order valence-electron chi connectivity index (χ0n) is 3.11. The van der Waals surface area contributed by atoms with Gasteiger partial charge in [0.2, 0.25) is 0 Å². The molecule has 0 aliphatic heterocycles. The highest BCUT2D eigenvalue weighted by Crippen LogP contribution is 1.61. The second-order valence-corrected chi connectivity index (χ2v) is 0.282. The summed E-state index contributed by atoms with van der Waals surface area (Å²) in [6.45, 7) is 1.43. The molecule has 0 fully saturated rings. The van der Waals surface area contributed by atoms with E-state index in [2.05, 4.69) is 0 Å². The van der Waals surface area contributed by atoms with Crippen molar-refractivity contribution in [2.75, 3.05) is 0 Å².